The summed E-state index contributed by atoms with van der Waals surface area (Å²) in [4.78, 5) is 15.3. The molecule has 140 valence electrons. The van der Waals surface area contributed by atoms with E-state index in [2.05, 4.69) is 12.1 Å². The van der Waals surface area contributed by atoms with Crippen LogP contribution in [0.3, 0.4) is 0 Å². The topological polar surface area (TPSA) is 67.6 Å². The molecular weight excluding hydrogens is 370 g/mol. The van der Waals surface area contributed by atoms with Gasteiger partial charge in [0.2, 0.25) is 5.91 Å². The molecule has 7 heteroatoms. The van der Waals surface area contributed by atoms with E-state index in [0.717, 1.165) is 5.56 Å². The highest BCUT2D eigenvalue weighted by Gasteiger charge is 2.35. The van der Waals surface area contributed by atoms with Crippen LogP contribution in [-0.2, 0) is 26.8 Å². The third kappa shape index (κ3) is 4.71. The number of benzene rings is 1. The van der Waals surface area contributed by atoms with Gasteiger partial charge in [-0.1, -0.05) is 12.1 Å². The average Bonchev–Trinajstić information content (AvgIpc) is 3.32. The van der Waals surface area contributed by atoms with Crippen LogP contribution in [0.25, 0.3) is 0 Å². The minimum absolute atomic E-state index is 0.0228. The molecule has 1 saturated heterocycles. The molecule has 26 heavy (non-hydrogen) atoms. The molecule has 1 amide bonds. The van der Waals surface area contributed by atoms with Crippen molar-refractivity contribution in [3.63, 3.8) is 0 Å². The van der Waals surface area contributed by atoms with Crippen molar-refractivity contribution in [1.82, 2.24) is 4.90 Å². The molecule has 0 aliphatic carbocycles. The van der Waals surface area contributed by atoms with E-state index in [4.69, 9.17) is 4.42 Å². The highest BCUT2D eigenvalue weighted by Crippen LogP contribution is 2.22. The number of carbonyl (C=O) groups excluding carboxylic acids is 1. The van der Waals surface area contributed by atoms with Crippen molar-refractivity contribution in [2.24, 2.45) is 0 Å². The molecule has 0 radical (unpaired) electrons. The lowest BCUT2D eigenvalue weighted by molar-refractivity contribution is -0.130. The van der Waals surface area contributed by atoms with E-state index in [1.165, 1.54) is 11.2 Å². The van der Waals surface area contributed by atoms with Gasteiger partial charge >= 0.3 is 0 Å². The van der Waals surface area contributed by atoms with Gasteiger partial charge < -0.3 is 9.32 Å². The number of aryl methyl sites for hydroxylation is 1. The van der Waals surface area contributed by atoms with Gasteiger partial charge in [0, 0.05) is 24.4 Å². The molecule has 1 aliphatic rings. The number of nitrogens with zero attached hydrogens (tertiary/aromatic N) is 1. The second-order valence-corrected chi connectivity index (χ2v) is 9.65. The average molecular weight is 394 g/mol. The minimum Gasteiger partial charge on any atom is -0.468 e. The van der Waals surface area contributed by atoms with Crippen molar-refractivity contribution in [3.8, 4) is 0 Å². The van der Waals surface area contributed by atoms with Crippen LogP contribution in [0, 0.1) is 0 Å². The molecule has 1 aliphatic heterocycles. The van der Waals surface area contributed by atoms with Crippen molar-refractivity contribution in [2.45, 2.75) is 35.2 Å². The summed E-state index contributed by atoms with van der Waals surface area (Å²) in [7, 11) is -3.31. The lowest BCUT2D eigenvalue weighted by atomic mass is 10.1. The molecule has 0 saturated carbocycles. The summed E-state index contributed by atoms with van der Waals surface area (Å²) in [6.45, 7) is 0.791. The number of thioether (sulfide) groups is 1. The fourth-order valence-electron chi connectivity index (χ4n) is 3.16. The zero-order valence-electron chi connectivity index (χ0n) is 14.8. The van der Waals surface area contributed by atoms with Crippen molar-refractivity contribution in [3.05, 3.63) is 54.0 Å². The number of carbonyl (C=O) groups is 1. The molecule has 1 aromatic heterocycles. The second-order valence-electron chi connectivity index (χ2n) is 6.49. The van der Waals surface area contributed by atoms with Crippen molar-refractivity contribution in [2.75, 3.05) is 19.3 Å². The number of hydrogen-bond donors (Lipinski definition) is 0. The van der Waals surface area contributed by atoms with Crippen LogP contribution >= 0.6 is 11.8 Å². The summed E-state index contributed by atoms with van der Waals surface area (Å²) in [5, 5.41) is -0.502. The van der Waals surface area contributed by atoms with E-state index < -0.39 is 15.1 Å². The zero-order valence-corrected chi connectivity index (χ0v) is 16.4. The van der Waals surface area contributed by atoms with Gasteiger partial charge in [-0.3, -0.25) is 4.79 Å². The van der Waals surface area contributed by atoms with E-state index in [1.54, 1.807) is 28.8 Å². The van der Waals surface area contributed by atoms with Gasteiger partial charge in [0.25, 0.3) is 0 Å². The van der Waals surface area contributed by atoms with Gasteiger partial charge in [0.05, 0.1) is 11.5 Å². The van der Waals surface area contributed by atoms with E-state index >= 15 is 0 Å². The van der Waals surface area contributed by atoms with Gasteiger partial charge in [0.1, 0.15) is 11.5 Å². The number of sulfone groups is 1. The predicted octanol–water partition coefficient (Wildman–Crippen LogP) is 3.15. The third-order valence-corrected chi connectivity index (χ3v) is 7.55. The fraction of sp³-hybridized carbons (Fsp3) is 0.421. The highest BCUT2D eigenvalue weighted by atomic mass is 32.2. The molecule has 2 heterocycles. The van der Waals surface area contributed by atoms with Gasteiger partial charge in [-0.25, -0.2) is 8.42 Å². The smallest absolute Gasteiger partial charge is 0.222 e. The largest absolute Gasteiger partial charge is 0.468 e. The van der Waals surface area contributed by atoms with Gasteiger partial charge in [-0.2, -0.15) is 0 Å². The summed E-state index contributed by atoms with van der Waals surface area (Å²) in [5.41, 5.74) is 1.12. The second kappa shape index (κ2) is 8.31. The molecule has 0 N–H and O–H groups in total. The first-order valence-corrected chi connectivity index (χ1v) is 11.6. The van der Waals surface area contributed by atoms with Crippen molar-refractivity contribution >= 4 is 27.5 Å². The van der Waals surface area contributed by atoms with Crippen LogP contribution in [0.2, 0.25) is 0 Å². The van der Waals surface area contributed by atoms with Gasteiger partial charge in [-0.05, 0) is 48.9 Å². The first kappa shape index (κ1) is 19.0. The summed E-state index contributed by atoms with van der Waals surface area (Å²) >= 11 is 1.69. The molecule has 5 nitrogen and oxygen atoms in total. The van der Waals surface area contributed by atoms with E-state index in [9.17, 15) is 13.2 Å². The normalized spacial score (nSPS) is 17.6. The maximum Gasteiger partial charge on any atom is 0.222 e. The first-order valence-electron chi connectivity index (χ1n) is 8.62. The van der Waals surface area contributed by atoms with E-state index in [-0.39, 0.29) is 18.2 Å². The number of furan rings is 1. The molecule has 0 bridgehead atoms. The van der Waals surface area contributed by atoms with Crippen molar-refractivity contribution < 1.29 is 17.6 Å². The molecule has 1 atom stereocenters. The van der Waals surface area contributed by atoms with Crippen LogP contribution in [0.1, 0.15) is 24.2 Å². The van der Waals surface area contributed by atoms with Crippen LogP contribution in [0.5, 0.6) is 0 Å². The standard InChI is InChI=1S/C19H23NO4S2/c1-25-17-7-4-15(5-8-17)6-9-19(21)20-11-10-18(13-20)26(22,23)14-16-3-2-12-24-16/h2-5,7-8,12,18H,6,9-11,13-14H2,1H3/t18-/m1/s1. The van der Waals surface area contributed by atoms with Crippen LogP contribution in [0.15, 0.2) is 52.0 Å². The number of likely N-dealkylation sites (tertiary alicyclic amines) is 1. The molecule has 3 rings (SSSR count). The maximum atomic E-state index is 12.5. The van der Waals surface area contributed by atoms with Gasteiger partial charge in [-0.15, -0.1) is 11.8 Å². The molecular formula is C19H23NO4S2. The van der Waals surface area contributed by atoms with Crippen molar-refractivity contribution in [1.29, 1.82) is 0 Å². The molecule has 2 aromatic rings. The third-order valence-electron chi connectivity index (χ3n) is 4.72. The number of rotatable bonds is 7. The monoisotopic (exact) mass is 393 g/mol. The Labute approximate surface area is 158 Å². The lowest BCUT2D eigenvalue weighted by Gasteiger charge is -2.16. The Balaban J connectivity index is 1.51. The Hall–Kier alpha value is -1.73. The Morgan fingerprint density at radius 1 is 1.27 bits per heavy atom. The summed E-state index contributed by atoms with van der Waals surface area (Å²) in [6, 6.07) is 11.5. The highest BCUT2D eigenvalue weighted by molar-refractivity contribution is 7.98. The molecule has 1 fully saturated rings. The maximum absolute atomic E-state index is 12.5. The SMILES string of the molecule is CSc1ccc(CCC(=O)N2CC[C@@H](S(=O)(=O)Cc3ccco3)C2)cc1. The summed E-state index contributed by atoms with van der Waals surface area (Å²) in [6.07, 6.45) is 5.08. The van der Waals surface area contributed by atoms with E-state index in [0.29, 0.717) is 31.6 Å². The molecule has 1 aromatic carbocycles. The predicted molar refractivity (Wildman–Crippen MR) is 103 cm³/mol. The Kier molecular flexibility index (Phi) is 6.09. The molecule has 0 spiro atoms. The Morgan fingerprint density at radius 3 is 2.69 bits per heavy atom. The fourth-order valence-corrected chi connectivity index (χ4v) is 5.24. The summed E-state index contributed by atoms with van der Waals surface area (Å²) < 4.78 is 30.2. The van der Waals surface area contributed by atoms with Crippen LogP contribution in [-0.4, -0.2) is 43.8 Å². The lowest BCUT2D eigenvalue weighted by Crippen LogP contribution is -2.32. The minimum atomic E-state index is -3.31. The first-order chi connectivity index (χ1) is 12.5. The number of hydrogen-bond acceptors (Lipinski definition) is 5. The quantitative estimate of drug-likeness (QED) is 0.676. The molecule has 0 unspecified atom stereocenters. The zero-order chi connectivity index (χ0) is 18.6. The van der Waals surface area contributed by atoms with Crippen LogP contribution < -0.4 is 0 Å². The Morgan fingerprint density at radius 2 is 2.04 bits per heavy atom. The summed E-state index contributed by atoms with van der Waals surface area (Å²) in [5.74, 6) is 0.368. The van der Waals surface area contributed by atoms with E-state index in [1.807, 2.05) is 18.4 Å². The van der Waals surface area contributed by atoms with Gasteiger partial charge in [0.15, 0.2) is 9.84 Å². The Bertz CT molecular complexity index is 829. The number of amides is 1. The van der Waals surface area contributed by atoms with Crippen LogP contribution in [0.4, 0.5) is 0 Å².